The molecule has 0 aromatic heterocycles. The van der Waals surface area contributed by atoms with E-state index in [1.54, 1.807) is 11.0 Å². The van der Waals surface area contributed by atoms with Crippen LogP contribution in [-0.4, -0.2) is 17.8 Å². The summed E-state index contributed by atoms with van der Waals surface area (Å²) in [7, 11) is 0. The third kappa shape index (κ3) is 6.79. The normalized spacial score (nSPS) is 25.2. The van der Waals surface area contributed by atoms with Crippen molar-refractivity contribution in [3.8, 4) is 22.3 Å². The molecule has 3 nitrogen and oxygen atoms in total. The lowest BCUT2D eigenvalue weighted by Gasteiger charge is -2.54. The van der Waals surface area contributed by atoms with Gasteiger partial charge in [0, 0.05) is 61.5 Å². The van der Waals surface area contributed by atoms with Crippen LogP contribution in [-0.2, 0) is 32.5 Å². The molecule has 0 spiro atoms. The molecule has 3 aliphatic carbocycles. The fraction of sp³-hybridized carbons (Fsp3) is 0.413. The molecular formula is C75H84BN3. The third-order valence-corrected chi connectivity index (χ3v) is 22.2. The molecule has 402 valence electrons. The standard InChI is InChI=1S/C75H84BN3/c1-68(2,3)50-31-33-56-55(42-50)65-67(71(56,10)11)76-59-44-52(70(7,8)9)43-58-66(59)79(75(15)39-25-23-37-73(58,75)13)63-46-53(45-62(64(63)76)77(65)60-35-32-51(69(4,5)6)41-54(60)48-28-20-17-21-29-48)78-61-34-30-49(47-26-18-16-19-27-47)40-57(61)72(12)36-22-24-38-74(72,78)14/h16-21,26-35,40-46H,22-25,36-39H2,1-15H3. The molecular weight excluding hydrogens is 954 g/mol. The van der Waals surface area contributed by atoms with Crippen LogP contribution in [0.2, 0.25) is 0 Å². The minimum Gasteiger partial charge on any atom is -0.335 e. The van der Waals surface area contributed by atoms with Gasteiger partial charge < -0.3 is 14.7 Å². The summed E-state index contributed by atoms with van der Waals surface area (Å²) in [6.07, 6.45) is 9.63. The van der Waals surface area contributed by atoms with E-state index in [1.165, 1.54) is 145 Å². The van der Waals surface area contributed by atoms with Crippen LogP contribution < -0.4 is 25.6 Å². The molecule has 0 bridgehead atoms. The Labute approximate surface area is 474 Å². The molecule has 4 heteroatoms. The maximum Gasteiger partial charge on any atom is 0.248 e. The summed E-state index contributed by atoms with van der Waals surface area (Å²) in [5.74, 6) is 0. The van der Waals surface area contributed by atoms with E-state index in [-0.39, 0.29) is 50.3 Å². The third-order valence-electron chi connectivity index (χ3n) is 22.2. The summed E-state index contributed by atoms with van der Waals surface area (Å²) in [4.78, 5) is 8.74. The van der Waals surface area contributed by atoms with Gasteiger partial charge in [0.2, 0.25) is 6.71 Å². The molecule has 79 heavy (non-hydrogen) atoms. The number of benzene rings is 7. The van der Waals surface area contributed by atoms with Crippen molar-refractivity contribution in [3.05, 3.63) is 184 Å². The summed E-state index contributed by atoms with van der Waals surface area (Å²) in [6, 6.07) is 56.0. The van der Waals surface area contributed by atoms with Crippen LogP contribution in [0.3, 0.4) is 0 Å². The van der Waals surface area contributed by atoms with Gasteiger partial charge in [-0.15, -0.1) is 0 Å². The van der Waals surface area contributed by atoms with Crippen LogP contribution in [0.4, 0.5) is 34.1 Å². The van der Waals surface area contributed by atoms with Gasteiger partial charge in [-0.05, 0) is 159 Å². The number of allylic oxidation sites excluding steroid dienone is 1. The molecule has 0 amide bonds. The Hall–Kier alpha value is -6.26. The van der Waals surface area contributed by atoms with Crippen LogP contribution in [0.25, 0.3) is 28.0 Å². The lowest BCUT2D eigenvalue weighted by Crippen LogP contribution is -2.62. The zero-order chi connectivity index (χ0) is 55.4. The average molecular weight is 1040 g/mol. The van der Waals surface area contributed by atoms with E-state index in [0.717, 1.165) is 12.8 Å². The molecule has 2 saturated carbocycles. The van der Waals surface area contributed by atoms with Gasteiger partial charge in [-0.25, -0.2) is 0 Å². The molecule has 7 aromatic carbocycles. The number of anilines is 6. The van der Waals surface area contributed by atoms with E-state index in [2.05, 4.69) is 258 Å². The first-order valence-electron chi connectivity index (χ1n) is 30.4. The van der Waals surface area contributed by atoms with E-state index in [0.29, 0.717) is 0 Å². The monoisotopic (exact) mass is 1040 g/mol. The molecule has 7 aliphatic rings. The molecule has 4 heterocycles. The molecule has 0 saturated heterocycles. The van der Waals surface area contributed by atoms with Gasteiger partial charge >= 0.3 is 0 Å². The predicted molar refractivity (Wildman–Crippen MR) is 339 cm³/mol. The van der Waals surface area contributed by atoms with E-state index in [1.807, 2.05) is 0 Å². The molecule has 0 radical (unpaired) electrons. The second-order valence-corrected chi connectivity index (χ2v) is 30.0. The van der Waals surface area contributed by atoms with Gasteiger partial charge in [-0.3, -0.25) is 0 Å². The highest BCUT2D eigenvalue weighted by Crippen LogP contribution is 2.67. The van der Waals surface area contributed by atoms with Gasteiger partial charge in [0.15, 0.2) is 0 Å². The topological polar surface area (TPSA) is 9.72 Å². The van der Waals surface area contributed by atoms with Crippen molar-refractivity contribution in [3.63, 3.8) is 0 Å². The molecule has 0 N–H and O–H groups in total. The first-order valence-corrected chi connectivity index (χ1v) is 30.4. The van der Waals surface area contributed by atoms with Gasteiger partial charge in [0.1, 0.15) is 0 Å². The van der Waals surface area contributed by atoms with Crippen molar-refractivity contribution in [1.29, 1.82) is 0 Å². The zero-order valence-electron chi connectivity index (χ0n) is 50.4. The number of hydrogen-bond acceptors (Lipinski definition) is 3. The first kappa shape index (κ1) is 50.9. The molecule has 4 aliphatic heterocycles. The summed E-state index contributed by atoms with van der Waals surface area (Å²) in [5, 5.41) is 0. The van der Waals surface area contributed by atoms with Crippen LogP contribution in [0, 0.1) is 0 Å². The number of nitrogens with zero attached hydrogens (tertiary/aromatic N) is 3. The quantitative estimate of drug-likeness (QED) is 0.163. The summed E-state index contributed by atoms with van der Waals surface area (Å²) < 4.78 is 0. The van der Waals surface area contributed by atoms with Crippen molar-refractivity contribution in [2.45, 2.75) is 199 Å². The van der Waals surface area contributed by atoms with E-state index in [4.69, 9.17) is 0 Å². The summed E-state index contributed by atoms with van der Waals surface area (Å²) >= 11 is 0. The van der Waals surface area contributed by atoms with Crippen molar-refractivity contribution in [2.75, 3.05) is 14.7 Å². The highest BCUT2D eigenvalue weighted by atomic mass is 15.3. The Kier molecular flexibility index (Phi) is 10.6. The summed E-state index contributed by atoms with van der Waals surface area (Å²) in [6.45, 7) is 37.4. The molecule has 2 fully saturated rings. The van der Waals surface area contributed by atoms with Gasteiger partial charge in [0.05, 0.1) is 16.8 Å². The van der Waals surface area contributed by atoms with Gasteiger partial charge in [-0.2, -0.15) is 0 Å². The largest absolute Gasteiger partial charge is 0.335 e. The van der Waals surface area contributed by atoms with Crippen LogP contribution >= 0.6 is 0 Å². The van der Waals surface area contributed by atoms with Crippen LogP contribution in [0.1, 0.15) is 194 Å². The number of rotatable bonds is 4. The highest BCUT2D eigenvalue weighted by molar-refractivity contribution is 6.96. The second-order valence-electron chi connectivity index (χ2n) is 30.0. The molecule has 7 aromatic rings. The number of fused-ring (bicyclic) bond motifs is 11. The number of hydrogen-bond donors (Lipinski definition) is 0. The van der Waals surface area contributed by atoms with Crippen LogP contribution in [0.5, 0.6) is 0 Å². The van der Waals surface area contributed by atoms with E-state index in [9.17, 15) is 0 Å². The van der Waals surface area contributed by atoms with Gasteiger partial charge in [-0.1, -0.05) is 218 Å². The average Bonchev–Trinajstić information content (AvgIpc) is 1.86. The van der Waals surface area contributed by atoms with Crippen LogP contribution in [0.15, 0.2) is 145 Å². The molecule has 4 unspecified atom stereocenters. The molecule has 14 rings (SSSR count). The van der Waals surface area contributed by atoms with E-state index < -0.39 is 0 Å². The zero-order valence-corrected chi connectivity index (χ0v) is 50.4. The second kappa shape index (κ2) is 16.4. The maximum atomic E-state index is 3.00. The Morgan fingerprint density at radius 2 is 0.962 bits per heavy atom. The molecule has 4 atom stereocenters. The maximum absolute atomic E-state index is 3.00. The van der Waals surface area contributed by atoms with E-state index >= 15 is 0 Å². The SMILES string of the molecule is CC(C)(C)c1ccc2c(c1)C1=C(B3c4cc(C(C)(C)C)cc5c4N(c4cc(N6c7ccc(-c8ccccc8)cc7C7(C)CCCCC67C)cc(c43)N1c1ccc(C(C)(C)C)cc1-c1ccccc1)C1(C)CCCCC51C)C2(C)C. The van der Waals surface area contributed by atoms with Crippen molar-refractivity contribution < 1.29 is 0 Å². The van der Waals surface area contributed by atoms with Gasteiger partial charge in [0.25, 0.3) is 0 Å². The summed E-state index contributed by atoms with van der Waals surface area (Å²) in [5.41, 5.74) is 28.6. The minimum absolute atomic E-state index is 0.0357. The Morgan fingerprint density at radius 1 is 0.418 bits per heavy atom. The lowest BCUT2D eigenvalue weighted by molar-refractivity contribution is 0.194. The van der Waals surface area contributed by atoms with Crippen molar-refractivity contribution in [1.82, 2.24) is 0 Å². The Morgan fingerprint density at radius 3 is 1.59 bits per heavy atom. The fourth-order valence-corrected chi connectivity index (χ4v) is 17.2. The fourth-order valence-electron chi connectivity index (χ4n) is 17.2. The first-order chi connectivity index (χ1) is 37.3. The van der Waals surface area contributed by atoms with Crippen molar-refractivity contribution in [2.24, 2.45) is 0 Å². The highest BCUT2D eigenvalue weighted by Gasteiger charge is 2.64. The predicted octanol–water partition coefficient (Wildman–Crippen LogP) is 18.7. The minimum atomic E-state index is -0.288. The lowest BCUT2D eigenvalue weighted by atomic mass is 9.30. The Balaban J connectivity index is 1.16. The van der Waals surface area contributed by atoms with Crippen molar-refractivity contribution >= 4 is 57.5 Å². The smallest absolute Gasteiger partial charge is 0.248 e. The Bertz CT molecular complexity index is 3750.